The fourth-order valence-corrected chi connectivity index (χ4v) is 5.51. The molecule has 1 spiro atoms. The summed E-state index contributed by atoms with van der Waals surface area (Å²) >= 11 is 1.21. The lowest BCUT2D eigenvalue weighted by atomic mass is 9.74. The molecule has 2 atom stereocenters. The number of aliphatic hydroxyl groups excluding tert-OH is 2. The number of amides is 1. The van der Waals surface area contributed by atoms with Crippen LogP contribution >= 0.6 is 11.3 Å². The molecule has 4 rings (SSSR count). The van der Waals surface area contributed by atoms with Gasteiger partial charge in [-0.3, -0.25) is 19.5 Å². The molecule has 0 saturated carbocycles. The van der Waals surface area contributed by atoms with Gasteiger partial charge in [0, 0.05) is 37.4 Å². The molecule has 2 aromatic heterocycles. The standard InChI is InChI=1S/C25H35N5O5S/c26-24-28-19(17-36-24)22(33)30-11-2-1-6-25(23(34)35-16-21(32)20(31)5-12-30)7-13-29(14-8-25)15-18-3-9-27-10-4-18/h3-4,9-10,17,20-21,31-32H,1-2,5-8,11-16H2,(H2,26,28)/t20-,21+/m0/s1. The lowest BCUT2D eigenvalue weighted by molar-refractivity contribution is -0.165. The van der Waals surface area contributed by atoms with Crippen LogP contribution in [0, 0.1) is 5.41 Å². The Balaban J connectivity index is 1.42. The van der Waals surface area contributed by atoms with Gasteiger partial charge in [-0.25, -0.2) is 4.98 Å². The minimum atomic E-state index is -1.22. The van der Waals surface area contributed by atoms with E-state index >= 15 is 0 Å². The van der Waals surface area contributed by atoms with Gasteiger partial charge in [-0.15, -0.1) is 11.3 Å². The number of rotatable bonds is 3. The number of thiazole rings is 1. The Labute approximate surface area is 215 Å². The van der Waals surface area contributed by atoms with Crippen molar-refractivity contribution in [3.8, 4) is 0 Å². The van der Waals surface area contributed by atoms with E-state index in [9.17, 15) is 19.8 Å². The van der Waals surface area contributed by atoms with Crippen LogP contribution in [0.4, 0.5) is 5.13 Å². The van der Waals surface area contributed by atoms with Crippen molar-refractivity contribution < 1.29 is 24.5 Å². The van der Waals surface area contributed by atoms with Crippen molar-refractivity contribution in [2.45, 2.75) is 57.3 Å². The molecule has 2 aliphatic rings. The number of hydrogen-bond acceptors (Lipinski definition) is 10. The number of hydrogen-bond donors (Lipinski definition) is 3. The highest BCUT2D eigenvalue weighted by atomic mass is 32.1. The average molecular weight is 518 g/mol. The number of likely N-dealkylation sites (tertiary alicyclic amines) is 1. The van der Waals surface area contributed by atoms with Crippen LogP contribution in [0.3, 0.4) is 0 Å². The molecule has 0 bridgehead atoms. The van der Waals surface area contributed by atoms with Crippen LogP contribution < -0.4 is 5.73 Å². The van der Waals surface area contributed by atoms with E-state index in [0.717, 1.165) is 26.1 Å². The number of aromatic nitrogens is 2. The minimum Gasteiger partial charge on any atom is -0.462 e. The molecule has 2 aromatic rings. The number of carbonyl (C=O) groups is 2. The van der Waals surface area contributed by atoms with Gasteiger partial charge < -0.3 is 25.6 Å². The highest BCUT2D eigenvalue weighted by Gasteiger charge is 2.42. The average Bonchev–Trinajstić information content (AvgIpc) is 3.33. The van der Waals surface area contributed by atoms with Gasteiger partial charge in [-0.2, -0.15) is 0 Å². The summed E-state index contributed by atoms with van der Waals surface area (Å²) in [6.07, 6.45) is 4.84. The summed E-state index contributed by atoms with van der Waals surface area (Å²) in [5, 5.41) is 22.8. The van der Waals surface area contributed by atoms with E-state index < -0.39 is 17.6 Å². The first-order valence-corrected chi connectivity index (χ1v) is 13.4. The monoisotopic (exact) mass is 517 g/mol. The summed E-state index contributed by atoms with van der Waals surface area (Å²) in [5.41, 5.74) is 6.53. The number of aliphatic hydroxyl groups is 2. The number of esters is 1. The van der Waals surface area contributed by atoms with E-state index in [2.05, 4.69) is 14.9 Å². The normalized spacial score (nSPS) is 24.4. The summed E-state index contributed by atoms with van der Waals surface area (Å²) in [4.78, 5) is 38.4. The van der Waals surface area contributed by atoms with Gasteiger partial charge in [-0.1, -0.05) is 6.42 Å². The Morgan fingerprint density at radius 3 is 2.56 bits per heavy atom. The molecule has 0 unspecified atom stereocenters. The number of ether oxygens (including phenoxy) is 1. The largest absolute Gasteiger partial charge is 0.462 e. The van der Waals surface area contributed by atoms with Crippen molar-refractivity contribution in [1.82, 2.24) is 19.8 Å². The van der Waals surface area contributed by atoms with Crippen molar-refractivity contribution in [1.29, 1.82) is 0 Å². The van der Waals surface area contributed by atoms with Crippen LogP contribution in [-0.2, 0) is 16.1 Å². The Hall–Kier alpha value is -2.60. The van der Waals surface area contributed by atoms with E-state index in [0.29, 0.717) is 37.4 Å². The van der Waals surface area contributed by atoms with Gasteiger partial charge in [0.25, 0.3) is 5.91 Å². The molecule has 4 N–H and O–H groups in total. The zero-order valence-electron chi connectivity index (χ0n) is 20.4. The van der Waals surface area contributed by atoms with Crippen molar-refractivity contribution in [2.75, 3.05) is 38.5 Å². The van der Waals surface area contributed by atoms with E-state index in [1.165, 1.54) is 16.9 Å². The van der Waals surface area contributed by atoms with Gasteiger partial charge in [-0.05, 0) is 62.9 Å². The first-order valence-electron chi connectivity index (χ1n) is 12.5. The Morgan fingerprint density at radius 1 is 1.11 bits per heavy atom. The molecule has 4 heterocycles. The molecule has 2 aliphatic heterocycles. The van der Waals surface area contributed by atoms with Crippen molar-refractivity contribution in [2.24, 2.45) is 5.41 Å². The van der Waals surface area contributed by atoms with E-state index in [1.807, 2.05) is 12.1 Å². The number of nitrogen functional groups attached to an aromatic ring is 1. The number of carbonyl (C=O) groups excluding carboxylic acids is 2. The number of anilines is 1. The molecule has 0 aliphatic carbocycles. The number of piperidine rings is 1. The third-order valence-corrected chi connectivity index (χ3v) is 7.96. The van der Waals surface area contributed by atoms with Crippen LogP contribution in [0.25, 0.3) is 0 Å². The van der Waals surface area contributed by atoms with Gasteiger partial charge in [0.1, 0.15) is 18.4 Å². The van der Waals surface area contributed by atoms with E-state index in [1.54, 1.807) is 22.7 Å². The molecule has 0 radical (unpaired) electrons. The second-order valence-corrected chi connectivity index (χ2v) is 10.6. The predicted octanol–water partition coefficient (Wildman–Crippen LogP) is 1.68. The van der Waals surface area contributed by atoms with Gasteiger partial charge in [0.05, 0.1) is 11.5 Å². The number of nitrogens with two attached hydrogens (primary N) is 1. The first-order chi connectivity index (χ1) is 17.4. The SMILES string of the molecule is Nc1nc(C(=O)N2CCCCC3(CCN(Cc4ccncc4)CC3)C(=O)OC[C@@H](O)[C@@H](O)CC2)cs1. The lowest BCUT2D eigenvalue weighted by Crippen LogP contribution is -2.45. The fraction of sp³-hybridized carbons (Fsp3) is 0.600. The van der Waals surface area contributed by atoms with Crippen LogP contribution in [0.15, 0.2) is 29.9 Å². The van der Waals surface area contributed by atoms with E-state index in [-0.39, 0.29) is 37.1 Å². The second kappa shape index (κ2) is 12.1. The molecule has 2 fully saturated rings. The predicted molar refractivity (Wildman–Crippen MR) is 135 cm³/mol. The van der Waals surface area contributed by atoms with Crippen LogP contribution in [0.5, 0.6) is 0 Å². The van der Waals surface area contributed by atoms with Crippen LogP contribution in [0.2, 0.25) is 0 Å². The number of pyridine rings is 1. The van der Waals surface area contributed by atoms with Gasteiger partial charge in [0.15, 0.2) is 5.13 Å². The third-order valence-electron chi connectivity index (χ3n) is 7.29. The molecule has 11 heteroatoms. The summed E-state index contributed by atoms with van der Waals surface area (Å²) in [6.45, 7) is 2.79. The molecule has 2 saturated heterocycles. The number of nitrogens with zero attached hydrogens (tertiary/aromatic N) is 4. The topological polar surface area (TPSA) is 142 Å². The fourth-order valence-electron chi connectivity index (χ4n) is 4.98. The lowest BCUT2D eigenvalue weighted by Gasteiger charge is -2.40. The summed E-state index contributed by atoms with van der Waals surface area (Å²) in [7, 11) is 0. The maximum atomic E-state index is 13.2. The molecular formula is C25H35N5O5S. The smallest absolute Gasteiger partial charge is 0.312 e. The summed E-state index contributed by atoms with van der Waals surface area (Å²) in [6, 6.07) is 3.99. The van der Waals surface area contributed by atoms with Crippen LogP contribution in [-0.4, -0.2) is 86.9 Å². The molecule has 196 valence electrons. The zero-order valence-corrected chi connectivity index (χ0v) is 21.2. The quantitative estimate of drug-likeness (QED) is 0.518. The van der Waals surface area contributed by atoms with Gasteiger partial charge in [0.2, 0.25) is 0 Å². The van der Waals surface area contributed by atoms with Crippen molar-refractivity contribution in [3.05, 3.63) is 41.2 Å². The van der Waals surface area contributed by atoms with Crippen molar-refractivity contribution >= 4 is 28.3 Å². The Bertz CT molecular complexity index is 1010. The molecular weight excluding hydrogens is 482 g/mol. The molecule has 1 amide bonds. The maximum absolute atomic E-state index is 13.2. The minimum absolute atomic E-state index is 0.166. The third kappa shape index (κ3) is 6.58. The van der Waals surface area contributed by atoms with Crippen LogP contribution in [0.1, 0.15) is 54.6 Å². The first kappa shape index (κ1) is 26.5. The maximum Gasteiger partial charge on any atom is 0.312 e. The highest BCUT2D eigenvalue weighted by molar-refractivity contribution is 7.13. The molecule has 0 aromatic carbocycles. The van der Waals surface area contributed by atoms with Gasteiger partial charge >= 0.3 is 5.97 Å². The summed E-state index contributed by atoms with van der Waals surface area (Å²) in [5.74, 6) is -0.548. The molecule has 36 heavy (non-hydrogen) atoms. The highest BCUT2D eigenvalue weighted by Crippen LogP contribution is 2.38. The Morgan fingerprint density at radius 2 is 1.86 bits per heavy atom. The molecule has 10 nitrogen and oxygen atoms in total. The van der Waals surface area contributed by atoms with Crippen molar-refractivity contribution in [3.63, 3.8) is 0 Å². The second-order valence-electron chi connectivity index (χ2n) is 9.75. The Kier molecular flexibility index (Phi) is 8.89. The van der Waals surface area contributed by atoms with E-state index in [4.69, 9.17) is 10.5 Å². The summed E-state index contributed by atoms with van der Waals surface area (Å²) < 4.78 is 5.55. The number of cyclic esters (lactones) is 1. The zero-order chi connectivity index (χ0) is 25.5.